The quantitative estimate of drug-likeness (QED) is 0.727. The van der Waals surface area contributed by atoms with Gasteiger partial charge < -0.3 is 14.6 Å². The summed E-state index contributed by atoms with van der Waals surface area (Å²) in [6.45, 7) is 3.49. The number of carbonyl (C=O) groups is 1. The molecule has 152 valence electrons. The molecule has 0 atom stereocenters. The van der Waals surface area contributed by atoms with E-state index in [0.29, 0.717) is 48.7 Å². The summed E-state index contributed by atoms with van der Waals surface area (Å²) in [4.78, 5) is 15.3. The predicted octanol–water partition coefficient (Wildman–Crippen LogP) is 4.78. The molecule has 1 aromatic heterocycles. The van der Waals surface area contributed by atoms with E-state index in [2.05, 4.69) is 16.5 Å². The van der Waals surface area contributed by atoms with Crippen molar-refractivity contribution in [3.05, 3.63) is 35.0 Å². The van der Waals surface area contributed by atoms with Crippen LogP contribution in [-0.4, -0.2) is 51.8 Å². The average molecular weight is 407 g/mol. The number of hydrogen-bond donors (Lipinski definition) is 1. The molecule has 1 N–H and O–H groups in total. The molecular formula is C22H28ClFN2O2. The van der Waals surface area contributed by atoms with Gasteiger partial charge >= 0.3 is 0 Å². The summed E-state index contributed by atoms with van der Waals surface area (Å²) in [7, 11) is 2.08. The Hall–Kier alpha value is -1.43. The third-order valence-electron chi connectivity index (χ3n) is 6.59. The zero-order valence-electron chi connectivity index (χ0n) is 16.5. The van der Waals surface area contributed by atoms with Crippen molar-refractivity contribution in [3.8, 4) is 0 Å². The van der Waals surface area contributed by atoms with Gasteiger partial charge in [0.1, 0.15) is 5.67 Å². The van der Waals surface area contributed by atoms with Gasteiger partial charge in [-0.2, -0.15) is 0 Å². The van der Waals surface area contributed by atoms with Crippen molar-refractivity contribution < 1.29 is 14.3 Å². The van der Waals surface area contributed by atoms with E-state index in [1.807, 2.05) is 24.4 Å². The van der Waals surface area contributed by atoms with Crippen LogP contribution < -0.4 is 0 Å². The number of fused-ring (bicyclic) bond motifs is 1. The first kappa shape index (κ1) is 19.9. The van der Waals surface area contributed by atoms with Crippen LogP contribution in [0.1, 0.15) is 61.8 Å². The van der Waals surface area contributed by atoms with Gasteiger partial charge in [0.15, 0.2) is 5.78 Å². The lowest BCUT2D eigenvalue weighted by Crippen LogP contribution is -2.44. The van der Waals surface area contributed by atoms with Gasteiger partial charge in [-0.05, 0) is 58.2 Å². The molecule has 0 unspecified atom stereocenters. The topological polar surface area (TPSA) is 45.5 Å². The smallest absolute Gasteiger partial charge is 0.165 e. The number of carbonyl (C=O) groups excluding carboxylic acids is 1. The van der Waals surface area contributed by atoms with Crippen LogP contribution in [0.15, 0.2) is 24.4 Å². The standard InChI is InChI=1S/C22H28ClFN2O2/c1-21(24)8-10-22(28,11-9-21)7-6-19(27)16-14-26(15-12-25(2)13-15)18-5-3-4-17(23)20(16)18/h3-5,14-15,28H,6-13H2,1-2H3. The number of Topliss-reactive ketones (excluding diaryl/α,β-unsaturated/α-hetero) is 1. The van der Waals surface area contributed by atoms with E-state index < -0.39 is 11.3 Å². The maximum absolute atomic E-state index is 14.0. The van der Waals surface area contributed by atoms with Crippen molar-refractivity contribution in [1.29, 1.82) is 0 Å². The van der Waals surface area contributed by atoms with Gasteiger partial charge in [0.2, 0.25) is 0 Å². The molecule has 1 aliphatic carbocycles. The summed E-state index contributed by atoms with van der Waals surface area (Å²) < 4.78 is 16.2. The van der Waals surface area contributed by atoms with Crippen LogP contribution in [0.3, 0.4) is 0 Å². The SMILES string of the molecule is CN1CC(n2cc(C(=O)CCC3(O)CCC(C)(F)CC3)c3c(Cl)cccc32)C1. The molecule has 6 heteroatoms. The fourth-order valence-electron chi connectivity index (χ4n) is 4.59. The number of benzene rings is 1. The third-order valence-corrected chi connectivity index (χ3v) is 6.90. The minimum absolute atomic E-state index is 0.00784. The average Bonchev–Trinajstić information content (AvgIpc) is 3.01. The second-order valence-corrected chi connectivity index (χ2v) is 9.43. The van der Waals surface area contributed by atoms with E-state index in [9.17, 15) is 14.3 Å². The van der Waals surface area contributed by atoms with Crippen LogP contribution in [-0.2, 0) is 0 Å². The molecule has 1 aromatic carbocycles. The molecule has 2 fully saturated rings. The molecule has 1 saturated carbocycles. The molecule has 2 aliphatic rings. The van der Waals surface area contributed by atoms with Gasteiger partial charge in [-0.1, -0.05) is 17.7 Å². The second-order valence-electron chi connectivity index (χ2n) is 9.02. The van der Waals surface area contributed by atoms with Crippen LogP contribution in [0.2, 0.25) is 5.02 Å². The fraction of sp³-hybridized carbons (Fsp3) is 0.591. The molecule has 4 rings (SSSR count). The van der Waals surface area contributed by atoms with Crippen molar-refractivity contribution in [3.63, 3.8) is 0 Å². The number of rotatable bonds is 5. The lowest BCUT2D eigenvalue weighted by atomic mass is 9.75. The number of halogens is 2. The molecular weight excluding hydrogens is 379 g/mol. The van der Waals surface area contributed by atoms with E-state index in [4.69, 9.17) is 11.6 Å². The van der Waals surface area contributed by atoms with E-state index in [1.165, 1.54) is 0 Å². The molecule has 0 radical (unpaired) electrons. The number of alkyl halides is 1. The Morgan fingerprint density at radius 2 is 1.96 bits per heavy atom. The van der Waals surface area contributed by atoms with E-state index >= 15 is 0 Å². The Kier molecular flexibility index (Phi) is 5.05. The Balaban J connectivity index is 1.54. The first-order chi connectivity index (χ1) is 13.2. The summed E-state index contributed by atoms with van der Waals surface area (Å²) >= 11 is 6.45. The van der Waals surface area contributed by atoms with E-state index in [-0.39, 0.29) is 12.2 Å². The number of nitrogens with zero attached hydrogens (tertiary/aromatic N) is 2. The Morgan fingerprint density at radius 3 is 2.61 bits per heavy atom. The Labute approximate surface area is 170 Å². The minimum atomic E-state index is -1.20. The largest absolute Gasteiger partial charge is 0.390 e. The van der Waals surface area contributed by atoms with Gasteiger partial charge in [0, 0.05) is 36.7 Å². The summed E-state index contributed by atoms with van der Waals surface area (Å²) in [5, 5.41) is 12.2. The molecule has 0 spiro atoms. The maximum atomic E-state index is 14.0. The van der Waals surface area contributed by atoms with Crippen LogP contribution in [0.4, 0.5) is 4.39 Å². The number of hydrogen-bond acceptors (Lipinski definition) is 3. The molecule has 28 heavy (non-hydrogen) atoms. The first-order valence-corrected chi connectivity index (χ1v) is 10.5. The summed E-state index contributed by atoms with van der Waals surface area (Å²) in [6, 6.07) is 6.08. The lowest BCUT2D eigenvalue weighted by Gasteiger charge is -2.38. The Morgan fingerprint density at radius 1 is 1.29 bits per heavy atom. The van der Waals surface area contributed by atoms with Crippen molar-refractivity contribution in [2.24, 2.45) is 0 Å². The van der Waals surface area contributed by atoms with E-state index in [0.717, 1.165) is 24.0 Å². The molecule has 2 heterocycles. The monoisotopic (exact) mass is 406 g/mol. The highest BCUT2D eigenvalue weighted by molar-refractivity contribution is 6.37. The summed E-state index contributed by atoms with van der Waals surface area (Å²) in [5.41, 5.74) is -0.531. The highest BCUT2D eigenvalue weighted by Crippen LogP contribution is 2.40. The van der Waals surface area contributed by atoms with Crippen molar-refractivity contribution in [2.75, 3.05) is 20.1 Å². The van der Waals surface area contributed by atoms with Crippen molar-refractivity contribution in [1.82, 2.24) is 9.47 Å². The normalized spacial score (nSPS) is 29.2. The Bertz CT molecular complexity index is 891. The maximum Gasteiger partial charge on any atom is 0.165 e. The summed E-state index contributed by atoms with van der Waals surface area (Å²) in [5.74, 6) is -0.00784. The van der Waals surface area contributed by atoms with Gasteiger partial charge in [0.25, 0.3) is 0 Å². The van der Waals surface area contributed by atoms with Crippen LogP contribution in [0.25, 0.3) is 10.9 Å². The summed E-state index contributed by atoms with van der Waals surface area (Å²) in [6.07, 6.45) is 4.05. The van der Waals surface area contributed by atoms with Crippen LogP contribution in [0, 0.1) is 0 Å². The van der Waals surface area contributed by atoms with Crippen LogP contribution in [0.5, 0.6) is 0 Å². The number of likely N-dealkylation sites (tertiary alicyclic amines) is 1. The molecule has 0 amide bonds. The van der Waals surface area contributed by atoms with Gasteiger partial charge in [-0.25, -0.2) is 4.39 Å². The number of likely N-dealkylation sites (N-methyl/N-ethyl adjacent to an activating group) is 1. The molecule has 1 saturated heterocycles. The van der Waals surface area contributed by atoms with Gasteiger partial charge in [-0.3, -0.25) is 4.79 Å². The molecule has 2 aromatic rings. The number of ketones is 1. The zero-order chi connectivity index (χ0) is 20.1. The van der Waals surface area contributed by atoms with Crippen molar-refractivity contribution in [2.45, 2.75) is 62.8 Å². The van der Waals surface area contributed by atoms with Gasteiger partial charge in [-0.15, -0.1) is 0 Å². The van der Waals surface area contributed by atoms with Crippen LogP contribution >= 0.6 is 11.6 Å². The third kappa shape index (κ3) is 3.72. The molecule has 4 nitrogen and oxygen atoms in total. The molecule has 0 bridgehead atoms. The first-order valence-electron chi connectivity index (χ1n) is 10.1. The minimum Gasteiger partial charge on any atom is -0.390 e. The van der Waals surface area contributed by atoms with E-state index in [1.54, 1.807) is 6.92 Å². The zero-order valence-corrected chi connectivity index (χ0v) is 17.3. The molecule has 1 aliphatic heterocycles. The van der Waals surface area contributed by atoms with Gasteiger partial charge in [0.05, 0.1) is 22.2 Å². The highest BCUT2D eigenvalue weighted by Gasteiger charge is 2.39. The number of aliphatic hydroxyl groups is 1. The lowest BCUT2D eigenvalue weighted by molar-refractivity contribution is -0.0453. The second kappa shape index (κ2) is 7.12. The predicted molar refractivity (Wildman–Crippen MR) is 110 cm³/mol. The van der Waals surface area contributed by atoms with Crippen molar-refractivity contribution >= 4 is 28.3 Å². The number of aromatic nitrogens is 1. The highest BCUT2D eigenvalue weighted by atomic mass is 35.5. The fourth-order valence-corrected chi connectivity index (χ4v) is 4.86.